The Bertz CT molecular complexity index is 480. The predicted octanol–water partition coefficient (Wildman–Crippen LogP) is 2.36. The van der Waals surface area contributed by atoms with E-state index in [0.717, 1.165) is 0 Å². The number of ether oxygens (including phenoxy) is 1. The first-order chi connectivity index (χ1) is 11.0. The molecule has 1 heterocycles. The van der Waals surface area contributed by atoms with Crippen LogP contribution in [0.1, 0.15) is 33.6 Å². The van der Waals surface area contributed by atoms with Crippen molar-refractivity contribution in [3.8, 4) is 0 Å². The highest BCUT2D eigenvalue weighted by atomic mass is 35.5. The van der Waals surface area contributed by atoms with Crippen molar-refractivity contribution in [3.05, 3.63) is 0 Å². The summed E-state index contributed by atoms with van der Waals surface area (Å²) in [5.41, 5.74) is 4.83. The monoisotopic (exact) mass is 423 g/mol. The molecule has 2 rings (SSSR count). The second-order valence-electron chi connectivity index (χ2n) is 7.56. The molecule has 1 saturated carbocycles. The minimum Gasteiger partial charge on any atom is -0.378 e. The Balaban J connectivity index is 0.00000312. The highest BCUT2D eigenvalue weighted by Gasteiger charge is 2.62. The van der Waals surface area contributed by atoms with E-state index < -0.39 is 23.7 Å². The van der Waals surface area contributed by atoms with E-state index in [1.54, 1.807) is 0 Å². The Morgan fingerprint density at radius 3 is 2.46 bits per heavy atom. The minimum absolute atomic E-state index is 0. The second kappa shape index (κ2) is 9.28. The fourth-order valence-electron chi connectivity index (χ4n) is 3.69. The van der Waals surface area contributed by atoms with Gasteiger partial charge in [0.25, 0.3) is 0 Å². The molecule has 1 saturated heterocycles. The molecule has 2 aliphatic rings. The quantitative estimate of drug-likeness (QED) is 0.687. The molecule has 2 fully saturated rings. The van der Waals surface area contributed by atoms with Crippen LogP contribution in [0, 0.1) is 11.3 Å². The van der Waals surface area contributed by atoms with Gasteiger partial charge in [-0.25, -0.2) is 0 Å². The molecule has 10 heteroatoms. The lowest BCUT2D eigenvalue weighted by molar-refractivity contribution is -0.170. The van der Waals surface area contributed by atoms with E-state index in [-0.39, 0.29) is 42.7 Å². The van der Waals surface area contributed by atoms with Gasteiger partial charge < -0.3 is 15.8 Å². The number of nitrogens with zero attached hydrogens (tertiary/aromatic N) is 1. The number of carbonyl (C=O) groups excluding carboxylic acids is 1. The van der Waals surface area contributed by atoms with Crippen molar-refractivity contribution in [1.29, 1.82) is 0 Å². The zero-order valence-corrected chi connectivity index (χ0v) is 17.0. The second-order valence-corrected chi connectivity index (χ2v) is 7.56. The lowest BCUT2D eigenvalue weighted by Gasteiger charge is -2.57. The molecule has 3 unspecified atom stereocenters. The summed E-state index contributed by atoms with van der Waals surface area (Å²) in [6.45, 7) is 6.54. The van der Waals surface area contributed by atoms with Gasteiger partial charge in [-0.15, -0.1) is 24.8 Å². The minimum atomic E-state index is -4.18. The molecule has 3 N–H and O–H groups in total. The zero-order valence-electron chi connectivity index (χ0n) is 15.4. The lowest BCUT2D eigenvalue weighted by Crippen LogP contribution is -2.75. The van der Waals surface area contributed by atoms with Gasteiger partial charge in [0.2, 0.25) is 5.91 Å². The molecule has 0 aromatic heterocycles. The van der Waals surface area contributed by atoms with Crippen LogP contribution in [0.3, 0.4) is 0 Å². The molecule has 0 bridgehead atoms. The first-order valence-corrected chi connectivity index (χ1v) is 8.47. The summed E-state index contributed by atoms with van der Waals surface area (Å²) in [5.74, 6) is -0.205. The highest BCUT2D eigenvalue weighted by molar-refractivity contribution is 5.88. The number of amides is 1. The molecule has 3 atom stereocenters. The average Bonchev–Trinajstić information content (AvgIpc) is 2.89. The van der Waals surface area contributed by atoms with E-state index in [1.807, 2.05) is 20.8 Å². The van der Waals surface area contributed by atoms with E-state index in [2.05, 4.69) is 5.32 Å². The van der Waals surface area contributed by atoms with Gasteiger partial charge in [-0.05, 0) is 25.8 Å². The van der Waals surface area contributed by atoms with Crippen LogP contribution in [0.5, 0.6) is 0 Å². The van der Waals surface area contributed by atoms with Crippen LogP contribution >= 0.6 is 24.8 Å². The number of rotatable bonds is 6. The van der Waals surface area contributed by atoms with Gasteiger partial charge >= 0.3 is 6.18 Å². The maximum atomic E-state index is 12.5. The van der Waals surface area contributed by atoms with Crippen molar-refractivity contribution < 1.29 is 22.7 Å². The normalized spacial score (nSPS) is 30.7. The van der Waals surface area contributed by atoms with Gasteiger partial charge in [0.05, 0.1) is 12.6 Å². The van der Waals surface area contributed by atoms with E-state index in [1.165, 1.54) is 4.90 Å². The van der Waals surface area contributed by atoms with E-state index in [0.29, 0.717) is 39.1 Å². The molecular formula is C16H30Cl2F3N3O2. The number of hydrogen-bond acceptors (Lipinski definition) is 4. The fourth-order valence-corrected chi connectivity index (χ4v) is 3.69. The van der Waals surface area contributed by atoms with Crippen molar-refractivity contribution >= 4 is 30.7 Å². The van der Waals surface area contributed by atoms with Crippen LogP contribution in [0.25, 0.3) is 0 Å². The van der Waals surface area contributed by atoms with E-state index >= 15 is 0 Å². The molecule has 26 heavy (non-hydrogen) atoms. The molecule has 0 radical (unpaired) electrons. The summed E-state index contributed by atoms with van der Waals surface area (Å²) in [4.78, 5) is 13.9. The fraction of sp³-hybridized carbons (Fsp3) is 0.938. The topological polar surface area (TPSA) is 67.6 Å². The summed E-state index contributed by atoms with van der Waals surface area (Å²) in [5, 5.41) is 2.84. The first kappa shape index (κ1) is 25.7. The molecule has 1 amide bonds. The summed E-state index contributed by atoms with van der Waals surface area (Å²) < 4.78 is 42.8. The summed E-state index contributed by atoms with van der Waals surface area (Å²) in [6.07, 6.45) is -3.11. The zero-order chi connectivity index (χ0) is 18.2. The maximum Gasteiger partial charge on any atom is 0.401 e. The summed E-state index contributed by atoms with van der Waals surface area (Å²) >= 11 is 0. The SMILES string of the molecule is CCOC1CC(N)(C(=O)NCC2CCN(CC(F)(F)F)C2)C1(C)C.Cl.Cl. The Kier molecular flexibility index (Phi) is 9.18. The van der Waals surface area contributed by atoms with E-state index in [9.17, 15) is 18.0 Å². The molecule has 156 valence electrons. The molecular weight excluding hydrogens is 394 g/mol. The molecule has 0 spiro atoms. The van der Waals surface area contributed by atoms with Crippen LogP contribution in [0.15, 0.2) is 0 Å². The number of hydrogen-bond donors (Lipinski definition) is 2. The number of carbonyl (C=O) groups is 1. The number of alkyl halides is 3. The molecule has 5 nitrogen and oxygen atoms in total. The highest BCUT2D eigenvalue weighted by Crippen LogP contribution is 2.49. The van der Waals surface area contributed by atoms with Gasteiger partial charge in [0.1, 0.15) is 5.54 Å². The van der Waals surface area contributed by atoms with Crippen LogP contribution in [-0.4, -0.2) is 61.4 Å². The van der Waals surface area contributed by atoms with Gasteiger partial charge in [-0.2, -0.15) is 13.2 Å². The Morgan fingerprint density at radius 1 is 1.35 bits per heavy atom. The summed E-state index contributed by atoms with van der Waals surface area (Å²) in [6, 6.07) is 0. The number of nitrogens with two attached hydrogens (primary N) is 1. The van der Waals surface area contributed by atoms with Gasteiger partial charge in [-0.3, -0.25) is 9.69 Å². The number of nitrogens with one attached hydrogen (secondary N) is 1. The van der Waals surface area contributed by atoms with E-state index in [4.69, 9.17) is 10.5 Å². The molecule has 1 aliphatic carbocycles. The Hall–Kier alpha value is -0.280. The number of likely N-dealkylation sites (tertiary alicyclic amines) is 1. The van der Waals surface area contributed by atoms with Crippen molar-refractivity contribution in [1.82, 2.24) is 10.2 Å². The van der Waals surface area contributed by atoms with Crippen LogP contribution < -0.4 is 11.1 Å². The van der Waals surface area contributed by atoms with Crippen molar-refractivity contribution in [2.45, 2.75) is 51.4 Å². The van der Waals surface area contributed by atoms with Crippen LogP contribution in [0.4, 0.5) is 13.2 Å². The van der Waals surface area contributed by atoms with Gasteiger partial charge in [0, 0.05) is 31.5 Å². The Labute approximate surface area is 165 Å². The standard InChI is InChI=1S/C16H28F3N3O2.2ClH/c1-4-24-12-7-15(20,14(12,2)3)13(23)21-8-11-5-6-22(9-11)10-16(17,18)19;;/h11-12H,4-10,20H2,1-3H3,(H,21,23);2*1H. The molecule has 0 aromatic rings. The van der Waals surface area contributed by atoms with Crippen molar-refractivity contribution in [3.63, 3.8) is 0 Å². The third-order valence-electron chi connectivity index (χ3n) is 5.56. The van der Waals surface area contributed by atoms with Gasteiger partial charge in [-0.1, -0.05) is 13.8 Å². The first-order valence-electron chi connectivity index (χ1n) is 8.47. The van der Waals surface area contributed by atoms with Crippen molar-refractivity contribution in [2.75, 3.05) is 32.8 Å². The van der Waals surface area contributed by atoms with Crippen LogP contribution in [-0.2, 0) is 9.53 Å². The van der Waals surface area contributed by atoms with Crippen LogP contribution in [0.2, 0.25) is 0 Å². The maximum absolute atomic E-state index is 12.5. The van der Waals surface area contributed by atoms with Crippen molar-refractivity contribution in [2.24, 2.45) is 17.1 Å². The van der Waals surface area contributed by atoms with Gasteiger partial charge in [0.15, 0.2) is 0 Å². The third kappa shape index (κ3) is 5.38. The predicted molar refractivity (Wildman–Crippen MR) is 98.8 cm³/mol. The third-order valence-corrected chi connectivity index (χ3v) is 5.56. The Morgan fingerprint density at radius 2 is 1.96 bits per heavy atom. The number of halogens is 5. The molecule has 0 aromatic carbocycles. The smallest absolute Gasteiger partial charge is 0.378 e. The summed E-state index contributed by atoms with van der Waals surface area (Å²) in [7, 11) is 0. The average molecular weight is 424 g/mol. The lowest BCUT2D eigenvalue weighted by atomic mass is 9.54. The molecule has 1 aliphatic heterocycles. The largest absolute Gasteiger partial charge is 0.401 e.